The second-order valence-corrected chi connectivity index (χ2v) is 6.72. The van der Waals surface area contributed by atoms with Crippen molar-refractivity contribution in [3.63, 3.8) is 0 Å². The molecule has 5 heterocycles. The Labute approximate surface area is 156 Å². The van der Waals surface area contributed by atoms with Crippen molar-refractivity contribution in [3.8, 4) is 22.8 Å². The summed E-state index contributed by atoms with van der Waals surface area (Å²) in [4.78, 5) is 12.4. The van der Waals surface area contributed by atoms with Crippen LogP contribution in [0.25, 0.3) is 28.4 Å². The molecule has 4 aromatic heterocycles. The van der Waals surface area contributed by atoms with Crippen molar-refractivity contribution in [2.24, 2.45) is 0 Å². The average Bonchev–Trinajstić information content (AvgIpc) is 3.38. The Kier molecular flexibility index (Phi) is 4.02. The van der Waals surface area contributed by atoms with E-state index in [1.807, 2.05) is 47.1 Å². The zero-order chi connectivity index (χ0) is 18.1. The summed E-state index contributed by atoms with van der Waals surface area (Å²) in [6.45, 7) is 2.08. The van der Waals surface area contributed by atoms with Gasteiger partial charge in [0, 0.05) is 24.3 Å². The van der Waals surface area contributed by atoms with Gasteiger partial charge in [-0.05, 0) is 43.7 Å². The molecule has 1 saturated heterocycles. The van der Waals surface area contributed by atoms with Crippen molar-refractivity contribution in [3.05, 3.63) is 49.1 Å². The Morgan fingerprint density at radius 1 is 1.22 bits per heavy atom. The first kappa shape index (κ1) is 16.0. The summed E-state index contributed by atoms with van der Waals surface area (Å²) in [7, 11) is 0. The van der Waals surface area contributed by atoms with E-state index in [9.17, 15) is 0 Å². The van der Waals surface area contributed by atoms with Gasteiger partial charge in [-0.2, -0.15) is 0 Å². The fourth-order valence-corrected chi connectivity index (χ4v) is 3.51. The smallest absolute Gasteiger partial charge is 0.161 e. The molecule has 8 nitrogen and oxygen atoms in total. The highest BCUT2D eigenvalue weighted by molar-refractivity contribution is 5.66. The third kappa shape index (κ3) is 3.15. The number of nitrogens with zero attached hydrogens (tertiary/aromatic N) is 5. The van der Waals surface area contributed by atoms with E-state index >= 15 is 0 Å². The van der Waals surface area contributed by atoms with Gasteiger partial charge in [-0.3, -0.25) is 4.40 Å². The monoisotopic (exact) mass is 360 g/mol. The predicted molar refractivity (Wildman–Crippen MR) is 103 cm³/mol. The maximum atomic E-state index is 4.80. The molecule has 0 spiro atoms. The second-order valence-electron chi connectivity index (χ2n) is 6.72. The Morgan fingerprint density at radius 2 is 2.22 bits per heavy atom. The zero-order valence-electron chi connectivity index (χ0n) is 14.8. The normalized spacial score (nSPS) is 17.3. The first-order valence-electron chi connectivity index (χ1n) is 9.15. The van der Waals surface area contributed by atoms with Crippen molar-refractivity contribution in [2.45, 2.75) is 18.9 Å². The number of pyridine rings is 2. The minimum Gasteiger partial charge on any atom is -0.366 e. The molecular formula is C19H20N8. The van der Waals surface area contributed by atoms with Crippen LogP contribution in [0.4, 0.5) is 5.82 Å². The third-order valence-corrected chi connectivity index (χ3v) is 4.86. The van der Waals surface area contributed by atoms with Crippen molar-refractivity contribution in [1.82, 2.24) is 34.9 Å². The van der Waals surface area contributed by atoms with Crippen molar-refractivity contribution in [2.75, 3.05) is 18.4 Å². The van der Waals surface area contributed by atoms with E-state index in [1.54, 1.807) is 6.33 Å². The fraction of sp³-hybridized carbons (Fsp3) is 0.263. The van der Waals surface area contributed by atoms with Gasteiger partial charge in [0.1, 0.15) is 17.8 Å². The number of hydrogen-bond donors (Lipinski definition) is 3. The van der Waals surface area contributed by atoms with Crippen LogP contribution in [-0.2, 0) is 0 Å². The third-order valence-electron chi connectivity index (χ3n) is 4.86. The molecule has 0 aromatic carbocycles. The largest absolute Gasteiger partial charge is 0.366 e. The maximum absolute atomic E-state index is 4.80. The molecule has 8 heteroatoms. The molecule has 3 N–H and O–H groups in total. The molecule has 4 aromatic rings. The van der Waals surface area contributed by atoms with Gasteiger partial charge in [0.05, 0.1) is 17.6 Å². The molecule has 1 fully saturated rings. The highest BCUT2D eigenvalue weighted by Crippen LogP contribution is 2.23. The Hall–Kier alpha value is -3.26. The predicted octanol–water partition coefficient (Wildman–Crippen LogP) is 2.35. The highest BCUT2D eigenvalue weighted by atomic mass is 15.2. The minimum atomic E-state index is 0.424. The lowest BCUT2D eigenvalue weighted by molar-refractivity contribution is 0.479. The minimum absolute atomic E-state index is 0.424. The molecule has 0 amide bonds. The lowest BCUT2D eigenvalue weighted by Gasteiger charge is -2.24. The molecule has 0 radical (unpaired) electrons. The summed E-state index contributed by atoms with van der Waals surface area (Å²) in [5, 5.41) is 14.8. The van der Waals surface area contributed by atoms with E-state index in [0.717, 1.165) is 47.3 Å². The molecule has 5 rings (SSSR count). The van der Waals surface area contributed by atoms with Crippen LogP contribution in [0.5, 0.6) is 0 Å². The summed E-state index contributed by atoms with van der Waals surface area (Å²) >= 11 is 0. The van der Waals surface area contributed by atoms with Crippen LogP contribution in [0.3, 0.4) is 0 Å². The number of H-pyrrole nitrogens is 1. The summed E-state index contributed by atoms with van der Waals surface area (Å²) in [6.07, 6.45) is 7.77. The molecular weight excluding hydrogens is 340 g/mol. The summed E-state index contributed by atoms with van der Waals surface area (Å²) in [5.74, 6) is 1.63. The maximum Gasteiger partial charge on any atom is 0.161 e. The first-order valence-corrected chi connectivity index (χ1v) is 9.15. The van der Waals surface area contributed by atoms with Gasteiger partial charge in [0.15, 0.2) is 5.82 Å². The SMILES string of the molecule is c1cc(N[C@@H]2CCCNC2)nc(-c2cnc3cc(-c4nnc[nH]4)ccn23)c1. The number of piperidine rings is 1. The standard InChI is InChI=1S/C19H20N8/c1-4-15(25-17(5-1)24-14-3-2-7-20-10-14)16-11-21-18-9-13(6-8-27(16)18)19-22-12-23-26-19/h1,4-6,8-9,11-12,14,20H,2-3,7,10H2,(H,24,25)(H,22,23,26)/t14-/m1/s1. The van der Waals surface area contributed by atoms with Crippen molar-refractivity contribution in [1.29, 1.82) is 0 Å². The van der Waals surface area contributed by atoms with Gasteiger partial charge in [0.2, 0.25) is 0 Å². The van der Waals surface area contributed by atoms with Crippen LogP contribution in [0, 0.1) is 0 Å². The summed E-state index contributed by atoms with van der Waals surface area (Å²) < 4.78 is 2.04. The Morgan fingerprint density at radius 3 is 3.07 bits per heavy atom. The van der Waals surface area contributed by atoms with Crippen LogP contribution < -0.4 is 10.6 Å². The van der Waals surface area contributed by atoms with Gasteiger partial charge < -0.3 is 15.6 Å². The first-order chi connectivity index (χ1) is 13.4. The topological polar surface area (TPSA) is 95.8 Å². The zero-order valence-corrected chi connectivity index (χ0v) is 14.8. The van der Waals surface area contributed by atoms with Gasteiger partial charge in [0.25, 0.3) is 0 Å². The summed E-state index contributed by atoms with van der Waals surface area (Å²) in [5.41, 5.74) is 3.64. The fourth-order valence-electron chi connectivity index (χ4n) is 3.51. The molecule has 0 bridgehead atoms. The Balaban J connectivity index is 1.45. The van der Waals surface area contributed by atoms with E-state index in [2.05, 4.69) is 30.8 Å². The number of nitrogens with one attached hydrogen (secondary N) is 3. The number of imidazole rings is 1. The molecule has 1 aliphatic heterocycles. The van der Waals surface area contributed by atoms with E-state index in [0.29, 0.717) is 6.04 Å². The average molecular weight is 360 g/mol. The van der Waals surface area contributed by atoms with Crippen LogP contribution in [0.2, 0.25) is 0 Å². The van der Waals surface area contributed by atoms with Crippen molar-refractivity contribution >= 4 is 11.5 Å². The number of anilines is 1. The molecule has 0 aliphatic carbocycles. The molecule has 136 valence electrons. The van der Waals surface area contributed by atoms with Crippen LogP contribution in [-0.4, -0.2) is 48.7 Å². The Bertz CT molecular complexity index is 1050. The van der Waals surface area contributed by atoms with Crippen LogP contribution in [0.1, 0.15) is 12.8 Å². The molecule has 0 unspecified atom stereocenters. The lowest BCUT2D eigenvalue weighted by atomic mass is 10.1. The molecule has 1 aliphatic rings. The van der Waals surface area contributed by atoms with Gasteiger partial charge in [-0.15, -0.1) is 10.2 Å². The highest BCUT2D eigenvalue weighted by Gasteiger charge is 2.14. The molecule has 0 saturated carbocycles. The molecule has 27 heavy (non-hydrogen) atoms. The van der Waals surface area contributed by atoms with Crippen LogP contribution >= 0.6 is 0 Å². The van der Waals surface area contributed by atoms with Crippen molar-refractivity contribution < 1.29 is 0 Å². The molecule has 1 atom stereocenters. The van der Waals surface area contributed by atoms with Gasteiger partial charge in [-0.1, -0.05) is 6.07 Å². The van der Waals surface area contributed by atoms with E-state index in [4.69, 9.17) is 4.98 Å². The van der Waals surface area contributed by atoms with E-state index in [-0.39, 0.29) is 0 Å². The summed E-state index contributed by atoms with van der Waals surface area (Å²) in [6, 6.07) is 10.5. The second kappa shape index (κ2) is 6.81. The van der Waals surface area contributed by atoms with Crippen LogP contribution in [0.15, 0.2) is 49.1 Å². The lowest BCUT2D eigenvalue weighted by Crippen LogP contribution is -2.38. The van der Waals surface area contributed by atoms with E-state index in [1.165, 1.54) is 12.8 Å². The van der Waals surface area contributed by atoms with Gasteiger partial charge >= 0.3 is 0 Å². The quantitative estimate of drug-likeness (QED) is 0.517. The van der Waals surface area contributed by atoms with E-state index < -0.39 is 0 Å². The number of aromatic nitrogens is 6. The number of hydrogen-bond acceptors (Lipinski definition) is 6. The number of rotatable bonds is 4. The van der Waals surface area contributed by atoms with Gasteiger partial charge in [-0.25, -0.2) is 9.97 Å². The number of fused-ring (bicyclic) bond motifs is 1. The number of aromatic amines is 1.